The van der Waals surface area contributed by atoms with Crippen LogP contribution >= 0.6 is 0 Å². The molecule has 1 atom stereocenters. The molecule has 1 aromatic heterocycles. The van der Waals surface area contributed by atoms with Crippen LogP contribution in [0.5, 0.6) is 5.75 Å². The third-order valence-electron chi connectivity index (χ3n) is 6.56. The van der Waals surface area contributed by atoms with Gasteiger partial charge in [0, 0.05) is 12.1 Å². The summed E-state index contributed by atoms with van der Waals surface area (Å²) >= 11 is 0. The zero-order chi connectivity index (χ0) is 20.0. The van der Waals surface area contributed by atoms with Crippen molar-refractivity contribution >= 4 is 5.91 Å². The molecule has 1 fully saturated rings. The molecule has 2 heterocycles. The molecule has 152 valence electrons. The summed E-state index contributed by atoms with van der Waals surface area (Å²) in [5.41, 5.74) is 4.06. The second-order valence-corrected chi connectivity index (χ2v) is 8.53. The number of aliphatic hydroxyl groups excluding tert-OH is 1. The Morgan fingerprint density at radius 3 is 2.79 bits per heavy atom. The monoisotopic (exact) mass is 394 g/mol. The maximum atomic E-state index is 13.1. The molecule has 3 aliphatic rings. The number of fused-ring (bicyclic) bond motifs is 2. The molecule has 0 bridgehead atoms. The number of ether oxygens (including phenoxy) is 1. The van der Waals surface area contributed by atoms with Crippen molar-refractivity contribution in [2.45, 2.75) is 57.1 Å². The molecule has 2 aromatic rings. The van der Waals surface area contributed by atoms with Crippen LogP contribution in [0.25, 0.3) is 0 Å². The van der Waals surface area contributed by atoms with Gasteiger partial charge in [0.15, 0.2) is 0 Å². The SMILES string of the molecule is O=C(N[C@H](c1ccc2c(c1)CCO2)C1CC(O)C1)c1cc2c([nH]c1=O)CCCC2. The van der Waals surface area contributed by atoms with Crippen molar-refractivity contribution in [3.63, 3.8) is 0 Å². The highest BCUT2D eigenvalue weighted by atomic mass is 16.5. The van der Waals surface area contributed by atoms with E-state index in [0.29, 0.717) is 19.4 Å². The molecule has 2 aliphatic carbocycles. The number of hydrogen-bond donors (Lipinski definition) is 3. The first-order valence-corrected chi connectivity index (χ1v) is 10.6. The Morgan fingerprint density at radius 1 is 1.14 bits per heavy atom. The number of carbonyl (C=O) groups excluding carboxylic acids is 1. The lowest BCUT2D eigenvalue weighted by Crippen LogP contribution is -2.42. The molecule has 29 heavy (non-hydrogen) atoms. The number of carbonyl (C=O) groups is 1. The number of hydrogen-bond acceptors (Lipinski definition) is 4. The molecule has 1 aromatic carbocycles. The molecule has 1 amide bonds. The Hall–Kier alpha value is -2.60. The quantitative estimate of drug-likeness (QED) is 0.743. The summed E-state index contributed by atoms with van der Waals surface area (Å²) in [6, 6.07) is 7.57. The predicted octanol–water partition coefficient (Wildman–Crippen LogP) is 2.43. The van der Waals surface area contributed by atoms with E-state index >= 15 is 0 Å². The second-order valence-electron chi connectivity index (χ2n) is 8.53. The van der Waals surface area contributed by atoms with E-state index in [1.807, 2.05) is 12.1 Å². The molecule has 6 heteroatoms. The van der Waals surface area contributed by atoms with E-state index < -0.39 is 0 Å². The number of aromatic amines is 1. The lowest BCUT2D eigenvalue weighted by molar-refractivity contribution is 0.0235. The van der Waals surface area contributed by atoms with Crippen molar-refractivity contribution in [1.29, 1.82) is 0 Å². The maximum absolute atomic E-state index is 13.1. The molecule has 1 saturated carbocycles. The number of aliphatic hydroxyl groups is 1. The van der Waals surface area contributed by atoms with Crippen molar-refractivity contribution < 1.29 is 14.6 Å². The summed E-state index contributed by atoms with van der Waals surface area (Å²) in [6.45, 7) is 0.683. The van der Waals surface area contributed by atoms with E-state index in [2.05, 4.69) is 16.4 Å². The molecule has 0 saturated heterocycles. The smallest absolute Gasteiger partial charge is 0.261 e. The number of benzene rings is 1. The van der Waals surface area contributed by atoms with Gasteiger partial charge in [0.25, 0.3) is 11.5 Å². The molecule has 6 nitrogen and oxygen atoms in total. The highest BCUT2D eigenvalue weighted by Gasteiger charge is 2.36. The van der Waals surface area contributed by atoms with Gasteiger partial charge >= 0.3 is 0 Å². The van der Waals surface area contributed by atoms with Gasteiger partial charge in [-0.2, -0.15) is 0 Å². The molecule has 0 spiro atoms. The van der Waals surface area contributed by atoms with E-state index in [1.165, 1.54) is 0 Å². The Morgan fingerprint density at radius 2 is 1.97 bits per heavy atom. The number of amides is 1. The van der Waals surface area contributed by atoms with Crippen molar-refractivity contribution in [3.8, 4) is 5.75 Å². The third-order valence-corrected chi connectivity index (χ3v) is 6.56. The topological polar surface area (TPSA) is 91.4 Å². The van der Waals surface area contributed by atoms with Gasteiger partial charge in [-0.25, -0.2) is 0 Å². The largest absolute Gasteiger partial charge is 0.493 e. The summed E-state index contributed by atoms with van der Waals surface area (Å²) in [7, 11) is 0. The molecule has 0 radical (unpaired) electrons. The van der Waals surface area contributed by atoms with E-state index in [-0.39, 0.29) is 35.1 Å². The molecule has 0 unspecified atom stereocenters. The number of pyridine rings is 1. The first kappa shape index (κ1) is 18.4. The number of aryl methyl sites for hydroxylation is 2. The van der Waals surface area contributed by atoms with Gasteiger partial charge in [0.2, 0.25) is 0 Å². The third kappa shape index (κ3) is 3.46. The number of rotatable bonds is 4. The van der Waals surface area contributed by atoms with Crippen LogP contribution in [0.2, 0.25) is 0 Å². The minimum absolute atomic E-state index is 0.158. The lowest BCUT2D eigenvalue weighted by atomic mass is 9.74. The van der Waals surface area contributed by atoms with Gasteiger partial charge < -0.3 is 20.1 Å². The Labute approximate surface area is 169 Å². The van der Waals surface area contributed by atoms with Crippen LogP contribution in [-0.2, 0) is 19.3 Å². The van der Waals surface area contributed by atoms with E-state index in [0.717, 1.165) is 60.2 Å². The predicted molar refractivity (Wildman–Crippen MR) is 108 cm³/mol. The van der Waals surface area contributed by atoms with Gasteiger partial charge in [-0.1, -0.05) is 6.07 Å². The van der Waals surface area contributed by atoms with Crippen LogP contribution in [-0.4, -0.2) is 28.7 Å². The van der Waals surface area contributed by atoms with Gasteiger partial charge in [-0.15, -0.1) is 0 Å². The first-order chi connectivity index (χ1) is 14.1. The zero-order valence-electron chi connectivity index (χ0n) is 16.4. The fourth-order valence-corrected chi connectivity index (χ4v) is 4.84. The van der Waals surface area contributed by atoms with Gasteiger partial charge in [-0.3, -0.25) is 9.59 Å². The molecular formula is C23H26N2O4. The average molecular weight is 394 g/mol. The van der Waals surface area contributed by atoms with Gasteiger partial charge in [0.05, 0.1) is 18.8 Å². The van der Waals surface area contributed by atoms with Crippen molar-refractivity contribution in [2.75, 3.05) is 6.61 Å². The van der Waals surface area contributed by atoms with Crippen molar-refractivity contribution in [1.82, 2.24) is 10.3 Å². The Kier molecular flexibility index (Phi) is 4.66. The standard InChI is InChI=1S/C23H26N2O4/c26-17-10-16(11-17)21(15-5-6-20-14(9-15)7-8-29-20)25-23(28)18-12-13-3-1-2-4-19(13)24-22(18)27/h5-6,9,12,16-17,21,26H,1-4,7-8,10-11H2,(H,24,27)(H,25,28)/t16?,17?,21-/m1/s1. The fraction of sp³-hybridized carbons (Fsp3) is 0.478. The molecular weight excluding hydrogens is 368 g/mol. The van der Waals surface area contributed by atoms with E-state index in [4.69, 9.17) is 4.74 Å². The fourth-order valence-electron chi connectivity index (χ4n) is 4.84. The van der Waals surface area contributed by atoms with Gasteiger partial charge in [0.1, 0.15) is 11.3 Å². The zero-order valence-corrected chi connectivity index (χ0v) is 16.4. The second kappa shape index (κ2) is 7.34. The summed E-state index contributed by atoms with van der Waals surface area (Å²) < 4.78 is 5.60. The summed E-state index contributed by atoms with van der Waals surface area (Å²) in [5, 5.41) is 12.9. The van der Waals surface area contributed by atoms with Crippen LogP contribution in [0, 0.1) is 5.92 Å². The molecule has 3 N–H and O–H groups in total. The maximum Gasteiger partial charge on any atom is 0.261 e. The first-order valence-electron chi connectivity index (χ1n) is 10.6. The molecule has 5 rings (SSSR count). The number of aromatic nitrogens is 1. The highest BCUT2D eigenvalue weighted by molar-refractivity contribution is 5.94. The Balaban J connectivity index is 1.43. The van der Waals surface area contributed by atoms with Crippen molar-refractivity contribution in [3.05, 3.63) is 62.6 Å². The van der Waals surface area contributed by atoms with Crippen molar-refractivity contribution in [2.24, 2.45) is 5.92 Å². The number of H-pyrrole nitrogens is 1. The average Bonchev–Trinajstić information content (AvgIpc) is 3.17. The number of nitrogens with one attached hydrogen (secondary N) is 2. The summed E-state index contributed by atoms with van der Waals surface area (Å²) in [4.78, 5) is 28.5. The minimum atomic E-state index is -0.345. The van der Waals surface area contributed by atoms with E-state index in [9.17, 15) is 14.7 Å². The van der Waals surface area contributed by atoms with Gasteiger partial charge in [-0.05, 0) is 79.3 Å². The Bertz CT molecular complexity index is 1010. The van der Waals surface area contributed by atoms with E-state index in [1.54, 1.807) is 6.07 Å². The molecule has 1 aliphatic heterocycles. The van der Waals surface area contributed by atoms with Crippen LogP contribution in [0.1, 0.15) is 64.5 Å². The van der Waals surface area contributed by atoms with Crippen LogP contribution in [0.4, 0.5) is 0 Å². The van der Waals surface area contributed by atoms with Crippen LogP contribution < -0.4 is 15.6 Å². The van der Waals surface area contributed by atoms with Crippen LogP contribution in [0.15, 0.2) is 29.1 Å². The highest BCUT2D eigenvalue weighted by Crippen LogP contribution is 2.40. The van der Waals surface area contributed by atoms with Crippen LogP contribution in [0.3, 0.4) is 0 Å². The minimum Gasteiger partial charge on any atom is -0.493 e. The normalized spacial score (nSPS) is 23.3. The summed E-state index contributed by atoms with van der Waals surface area (Å²) in [5.74, 6) is 0.715. The lowest BCUT2D eigenvalue weighted by Gasteiger charge is -2.38. The summed E-state index contributed by atoms with van der Waals surface area (Å²) in [6.07, 6.45) is 5.77.